The van der Waals surface area contributed by atoms with E-state index in [2.05, 4.69) is 18.9 Å². The van der Waals surface area contributed by atoms with Gasteiger partial charge in [-0.25, -0.2) is 0 Å². The number of aliphatic hydroxyl groups excluding tert-OH is 4. The van der Waals surface area contributed by atoms with Crippen molar-refractivity contribution < 1.29 is 39.4 Å². The van der Waals surface area contributed by atoms with Gasteiger partial charge in [-0.1, -0.05) is 0 Å². The van der Waals surface area contributed by atoms with E-state index in [9.17, 15) is 0 Å². The lowest BCUT2D eigenvalue weighted by atomic mass is 10.8. The second-order valence-electron chi connectivity index (χ2n) is 2.87. The predicted molar refractivity (Wildman–Crippen MR) is 87.4 cm³/mol. The highest BCUT2D eigenvalue weighted by Crippen LogP contribution is 1.57. The molecule has 0 amide bonds. The van der Waals surface area contributed by atoms with Crippen molar-refractivity contribution >= 4 is 34.7 Å². The molecule has 0 aliphatic rings. The summed E-state index contributed by atoms with van der Waals surface area (Å²) in [5.74, 6) is 0. The molecule has 0 rings (SSSR count). The van der Waals surface area contributed by atoms with Crippen LogP contribution in [-0.2, 0) is 18.9 Å². The quantitative estimate of drug-likeness (QED) is 0.359. The van der Waals surface area contributed by atoms with Gasteiger partial charge in [0.2, 0.25) is 0 Å². The number of rotatable bonds is 8. The fourth-order valence-corrected chi connectivity index (χ4v) is 0.365. The largest absolute Gasteiger partial charge is 0.394 e. The van der Waals surface area contributed by atoms with E-state index in [1.807, 2.05) is 0 Å². The fraction of sp³-hybridized carbons (Fsp3) is 1.00. The van der Waals surface area contributed by atoms with Gasteiger partial charge in [0.1, 0.15) is 0 Å². The van der Waals surface area contributed by atoms with Crippen LogP contribution in [0.5, 0.6) is 0 Å². The van der Waals surface area contributed by atoms with Crippen LogP contribution in [0, 0.1) is 0 Å². The molecule has 8 nitrogen and oxygen atoms in total. The first-order chi connectivity index (χ1) is 9.66. The van der Waals surface area contributed by atoms with Crippen molar-refractivity contribution in [3.05, 3.63) is 0 Å². The Morgan fingerprint density at radius 1 is 0.455 bits per heavy atom. The van der Waals surface area contributed by atoms with Crippen molar-refractivity contribution in [2.24, 2.45) is 0 Å². The number of hydrogen-bond acceptors (Lipinski definition) is 8. The zero-order chi connectivity index (χ0) is 16.5. The zero-order valence-corrected chi connectivity index (χ0v) is 16.5. The molecular formula is C12H32Al2O8. The summed E-state index contributed by atoms with van der Waals surface area (Å²) >= 11 is 0. The Balaban J connectivity index is -0.0000000376. The maximum absolute atomic E-state index is 7.94. The summed E-state index contributed by atoms with van der Waals surface area (Å²) in [5, 5.41) is 31.8. The van der Waals surface area contributed by atoms with Crippen LogP contribution < -0.4 is 0 Å². The van der Waals surface area contributed by atoms with E-state index in [0.717, 1.165) is 0 Å². The highest BCUT2D eigenvalue weighted by atomic mass is 27.0. The summed E-state index contributed by atoms with van der Waals surface area (Å²) in [6.07, 6.45) is 0. The van der Waals surface area contributed by atoms with Gasteiger partial charge in [0.25, 0.3) is 0 Å². The molecule has 0 spiro atoms. The Labute approximate surface area is 155 Å². The highest BCUT2D eigenvalue weighted by molar-refractivity contribution is 5.76. The average molecular weight is 358 g/mol. The molecular weight excluding hydrogens is 326 g/mol. The lowest BCUT2D eigenvalue weighted by Gasteiger charge is -1.84. The molecule has 0 saturated heterocycles. The molecule has 0 aromatic rings. The molecule has 0 aliphatic heterocycles. The summed E-state index contributed by atoms with van der Waals surface area (Å²) in [5.41, 5.74) is 0. The van der Waals surface area contributed by atoms with Crippen molar-refractivity contribution in [2.45, 2.75) is 0 Å². The van der Waals surface area contributed by atoms with E-state index in [4.69, 9.17) is 20.4 Å². The fourth-order valence-electron chi connectivity index (χ4n) is 0.365. The Hall–Kier alpha value is 0.745. The van der Waals surface area contributed by atoms with Crippen molar-refractivity contribution in [3.63, 3.8) is 0 Å². The van der Waals surface area contributed by atoms with Gasteiger partial charge in [-0.2, -0.15) is 0 Å². The van der Waals surface area contributed by atoms with Crippen LogP contribution in [0.25, 0.3) is 0 Å². The van der Waals surface area contributed by atoms with Crippen LogP contribution in [0.15, 0.2) is 0 Å². The predicted octanol–water partition coefficient (Wildman–Crippen LogP) is -2.26. The molecule has 134 valence electrons. The maximum Gasteiger partial charge on any atom is 0.0693 e. The summed E-state index contributed by atoms with van der Waals surface area (Å²) in [7, 11) is 6.21. The maximum atomic E-state index is 7.94. The van der Waals surface area contributed by atoms with Crippen LogP contribution in [0.1, 0.15) is 0 Å². The van der Waals surface area contributed by atoms with Crippen LogP contribution in [-0.4, -0.2) is 136 Å². The van der Waals surface area contributed by atoms with Gasteiger partial charge < -0.3 is 39.4 Å². The molecule has 0 atom stereocenters. The summed E-state index contributed by atoms with van der Waals surface area (Å²) in [4.78, 5) is 0. The molecule has 0 fully saturated rings. The Morgan fingerprint density at radius 3 is 0.591 bits per heavy atom. The van der Waals surface area contributed by atoms with Crippen molar-refractivity contribution in [1.82, 2.24) is 0 Å². The van der Waals surface area contributed by atoms with Crippen LogP contribution in [0.4, 0.5) is 0 Å². The second-order valence-corrected chi connectivity index (χ2v) is 2.87. The molecule has 10 heteroatoms. The third-order valence-electron chi connectivity index (χ3n) is 1.18. The Bertz CT molecular complexity index is 83.1. The zero-order valence-electron chi connectivity index (χ0n) is 14.2. The molecule has 0 saturated carbocycles. The molecule has 0 unspecified atom stereocenters. The van der Waals surface area contributed by atoms with Gasteiger partial charge in [-0.3, -0.25) is 0 Å². The van der Waals surface area contributed by atoms with E-state index in [0.29, 0.717) is 26.4 Å². The van der Waals surface area contributed by atoms with E-state index in [1.165, 1.54) is 0 Å². The Kier molecular flexibility index (Phi) is 100. The van der Waals surface area contributed by atoms with Crippen molar-refractivity contribution in [2.75, 3.05) is 81.3 Å². The number of aliphatic hydroxyl groups is 4. The van der Waals surface area contributed by atoms with Crippen LogP contribution in [0.3, 0.4) is 0 Å². The number of ether oxygens (including phenoxy) is 4. The van der Waals surface area contributed by atoms with Gasteiger partial charge in [0, 0.05) is 63.2 Å². The lowest BCUT2D eigenvalue weighted by molar-refractivity contribution is 0.135. The minimum Gasteiger partial charge on any atom is -0.394 e. The molecule has 0 aromatic carbocycles. The minimum atomic E-state index is 0. The number of hydrogen-bond donors (Lipinski definition) is 4. The first kappa shape index (κ1) is 38.4. The molecule has 0 bridgehead atoms. The third kappa shape index (κ3) is 106. The second kappa shape index (κ2) is 57.6. The molecule has 6 radical (unpaired) electrons. The van der Waals surface area contributed by atoms with Gasteiger partial charge in [-0.15, -0.1) is 0 Å². The van der Waals surface area contributed by atoms with Gasteiger partial charge >= 0.3 is 0 Å². The third-order valence-corrected chi connectivity index (χ3v) is 1.18. The monoisotopic (exact) mass is 358 g/mol. The molecule has 0 aromatic heterocycles. The minimum absolute atomic E-state index is 0. The van der Waals surface area contributed by atoms with E-state index >= 15 is 0 Å². The SMILES string of the molecule is COCCO.COCCO.COCCO.COCCO.[Al].[Al]. The summed E-state index contributed by atoms with van der Waals surface area (Å²) < 4.78 is 17.8. The smallest absolute Gasteiger partial charge is 0.0693 e. The van der Waals surface area contributed by atoms with Crippen molar-refractivity contribution in [1.29, 1.82) is 0 Å². The summed E-state index contributed by atoms with van der Waals surface area (Å²) in [6, 6.07) is 0. The van der Waals surface area contributed by atoms with Gasteiger partial charge in [0.15, 0.2) is 0 Å². The summed E-state index contributed by atoms with van der Waals surface area (Å²) in [6.45, 7) is 2.26. The Morgan fingerprint density at radius 2 is 0.591 bits per heavy atom. The van der Waals surface area contributed by atoms with Crippen molar-refractivity contribution in [3.8, 4) is 0 Å². The molecule has 4 N–H and O–H groups in total. The van der Waals surface area contributed by atoms with Crippen LogP contribution in [0.2, 0.25) is 0 Å². The van der Waals surface area contributed by atoms with E-state index in [1.54, 1.807) is 28.4 Å². The number of methoxy groups -OCH3 is 4. The van der Waals surface area contributed by atoms with E-state index < -0.39 is 0 Å². The molecule has 0 heterocycles. The van der Waals surface area contributed by atoms with Gasteiger partial charge in [-0.05, 0) is 0 Å². The standard InChI is InChI=1S/4C3H8O2.2Al/c4*1-5-3-2-4;;/h4*4H,2-3H2,1H3;;. The van der Waals surface area contributed by atoms with Gasteiger partial charge in [0.05, 0.1) is 52.9 Å². The lowest BCUT2D eigenvalue weighted by Crippen LogP contribution is -1.91. The topological polar surface area (TPSA) is 118 Å². The first-order valence-electron chi connectivity index (χ1n) is 6.05. The highest BCUT2D eigenvalue weighted by Gasteiger charge is 1.68. The normalized spacial score (nSPS) is 7.64. The van der Waals surface area contributed by atoms with Crippen LogP contribution >= 0.6 is 0 Å². The average Bonchev–Trinajstić information content (AvgIpc) is 2.44. The first-order valence-corrected chi connectivity index (χ1v) is 6.05. The van der Waals surface area contributed by atoms with E-state index in [-0.39, 0.29) is 61.1 Å². The molecule has 0 aliphatic carbocycles. The molecule has 22 heavy (non-hydrogen) atoms.